The van der Waals surface area contributed by atoms with Crippen LogP contribution in [0.1, 0.15) is 44.7 Å². The lowest BCUT2D eigenvalue weighted by molar-refractivity contribution is -0.200. The predicted molar refractivity (Wildman–Crippen MR) is 132 cm³/mol. The van der Waals surface area contributed by atoms with Crippen molar-refractivity contribution in [2.45, 2.75) is 61.8 Å². The number of carbonyl (C=O) groups excluding carboxylic acids is 1. The van der Waals surface area contributed by atoms with Crippen molar-refractivity contribution in [2.24, 2.45) is 11.7 Å². The summed E-state index contributed by atoms with van der Waals surface area (Å²) in [6.07, 6.45) is -3.28. The van der Waals surface area contributed by atoms with E-state index in [2.05, 4.69) is 0 Å². The lowest BCUT2D eigenvalue weighted by Gasteiger charge is -2.41. The number of alkyl halides is 3. The first-order chi connectivity index (χ1) is 17.1. The summed E-state index contributed by atoms with van der Waals surface area (Å²) < 4.78 is 73.3. The van der Waals surface area contributed by atoms with Gasteiger partial charge in [0.15, 0.2) is 9.84 Å². The van der Waals surface area contributed by atoms with Crippen molar-refractivity contribution in [3.8, 4) is 22.9 Å². The molecule has 2 aromatic carbocycles. The second kappa shape index (κ2) is 10.3. The molecule has 2 atom stereocenters. The molecule has 37 heavy (non-hydrogen) atoms. The highest BCUT2D eigenvalue weighted by atomic mass is 32.2. The number of carbonyl (C=O) groups is 1. The number of hydrogen-bond acceptors (Lipinski definition) is 6. The number of ether oxygens (including phenoxy) is 1. The monoisotopic (exact) mass is 537 g/mol. The van der Waals surface area contributed by atoms with Gasteiger partial charge in [0.2, 0.25) is 5.91 Å². The Hall–Kier alpha value is -3.10. The van der Waals surface area contributed by atoms with Crippen molar-refractivity contribution in [1.82, 2.24) is 4.90 Å². The molecule has 3 rings (SSSR count). The zero-order valence-electron chi connectivity index (χ0n) is 21.0. The molecule has 1 aliphatic carbocycles. The number of sulfone groups is 1. The summed E-state index contributed by atoms with van der Waals surface area (Å²) in [6, 6.07) is 8.44. The zero-order chi connectivity index (χ0) is 27.8. The van der Waals surface area contributed by atoms with Crippen LogP contribution in [0, 0.1) is 17.2 Å². The Kier molecular flexibility index (Phi) is 7.96. The van der Waals surface area contributed by atoms with E-state index in [0.717, 1.165) is 11.2 Å². The number of primary amides is 1. The standard InChI is InChI=1S/C26H30F3N3O4S/c1-16(2)13-20(24(31)33)32(25(15-30)11-12-25)23(26(27,28)29)18-7-5-17(6-8-18)19-9-10-21(36-3)22(14-19)37(4,34)35/h5-10,14,16,20,23H,11-13H2,1-4H3,(H2,31,33)/t20-,23-/m0/s1. The molecule has 1 saturated carbocycles. The topological polar surface area (TPSA) is 113 Å². The van der Waals surface area contributed by atoms with Crippen LogP contribution >= 0.6 is 0 Å². The minimum Gasteiger partial charge on any atom is -0.495 e. The van der Waals surface area contributed by atoms with Gasteiger partial charge in [0.25, 0.3) is 0 Å². The molecule has 1 amide bonds. The van der Waals surface area contributed by atoms with E-state index < -0.39 is 39.5 Å². The summed E-state index contributed by atoms with van der Waals surface area (Å²) in [4.78, 5) is 13.3. The van der Waals surface area contributed by atoms with Gasteiger partial charge in [-0.15, -0.1) is 0 Å². The van der Waals surface area contributed by atoms with Gasteiger partial charge in [-0.05, 0) is 54.0 Å². The Morgan fingerprint density at radius 3 is 2.14 bits per heavy atom. The second-order valence-corrected chi connectivity index (χ2v) is 11.8. The van der Waals surface area contributed by atoms with E-state index in [1.165, 1.54) is 43.5 Å². The lowest BCUT2D eigenvalue weighted by Crippen LogP contribution is -2.56. The Bertz CT molecular complexity index is 1300. The quantitative estimate of drug-likeness (QED) is 0.473. The summed E-state index contributed by atoms with van der Waals surface area (Å²) in [6.45, 7) is 3.55. The number of hydrogen-bond donors (Lipinski definition) is 1. The van der Waals surface area contributed by atoms with Crippen LogP contribution in [0.25, 0.3) is 11.1 Å². The summed E-state index contributed by atoms with van der Waals surface area (Å²) in [5.41, 5.74) is 4.95. The van der Waals surface area contributed by atoms with Crippen molar-refractivity contribution < 1.29 is 31.1 Å². The summed E-state index contributed by atoms with van der Waals surface area (Å²) >= 11 is 0. The van der Waals surface area contributed by atoms with Crippen molar-refractivity contribution in [3.63, 3.8) is 0 Å². The smallest absolute Gasteiger partial charge is 0.408 e. The van der Waals surface area contributed by atoms with Gasteiger partial charge in [-0.1, -0.05) is 44.2 Å². The molecule has 0 spiro atoms. The van der Waals surface area contributed by atoms with E-state index >= 15 is 0 Å². The van der Waals surface area contributed by atoms with Crippen LogP contribution in [0.15, 0.2) is 47.4 Å². The molecule has 1 aliphatic rings. The molecule has 1 fully saturated rings. The van der Waals surface area contributed by atoms with Crippen LogP contribution < -0.4 is 10.5 Å². The van der Waals surface area contributed by atoms with Gasteiger partial charge < -0.3 is 10.5 Å². The van der Waals surface area contributed by atoms with Gasteiger partial charge in [-0.25, -0.2) is 8.42 Å². The number of amides is 1. The molecule has 0 unspecified atom stereocenters. The van der Waals surface area contributed by atoms with Crippen molar-refractivity contribution >= 4 is 15.7 Å². The highest BCUT2D eigenvalue weighted by Crippen LogP contribution is 2.52. The van der Waals surface area contributed by atoms with Gasteiger partial charge in [-0.2, -0.15) is 18.4 Å². The highest BCUT2D eigenvalue weighted by molar-refractivity contribution is 7.90. The average molecular weight is 538 g/mol. The van der Waals surface area contributed by atoms with E-state index in [1.54, 1.807) is 19.9 Å². The van der Waals surface area contributed by atoms with E-state index in [0.29, 0.717) is 11.1 Å². The zero-order valence-corrected chi connectivity index (χ0v) is 21.9. The van der Waals surface area contributed by atoms with Crippen LogP contribution in [0.3, 0.4) is 0 Å². The number of rotatable bonds is 10. The fraction of sp³-hybridized carbons (Fsp3) is 0.462. The second-order valence-electron chi connectivity index (χ2n) is 9.80. The predicted octanol–water partition coefficient (Wildman–Crippen LogP) is 4.63. The first-order valence-corrected chi connectivity index (χ1v) is 13.6. The maximum atomic E-state index is 14.6. The fourth-order valence-electron chi connectivity index (χ4n) is 4.60. The summed E-state index contributed by atoms with van der Waals surface area (Å²) in [7, 11) is -2.28. The van der Waals surface area contributed by atoms with Crippen LogP contribution in [0.4, 0.5) is 13.2 Å². The van der Waals surface area contributed by atoms with Crippen molar-refractivity contribution in [2.75, 3.05) is 13.4 Å². The first kappa shape index (κ1) is 28.5. The molecular formula is C26H30F3N3O4S. The number of nitriles is 1. The van der Waals surface area contributed by atoms with Gasteiger partial charge >= 0.3 is 6.18 Å². The van der Waals surface area contributed by atoms with Gasteiger partial charge in [0, 0.05) is 6.26 Å². The molecule has 0 radical (unpaired) electrons. The molecule has 2 N–H and O–H groups in total. The molecule has 0 aromatic heterocycles. The maximum absolute atomic E-state index is 14.6. The molecule has 0 bridgehead atoms. The Balaban J connectivity index is 2.11. The van der Waals surface area contributed by atoms with E-state index in [-0.39, 0.29) is 41.4 Å². The van der Waals surface area contributed by atoms with Crippen LogP contribution in [0.5, 0.6) is 5.75 Å². The summed E-state index contributed by atoms with van der Waals surface area (Å²) in [5.74, 6) is -0.887. The minimum atomic E-state index is -4.80. The van der Waals surface area contributed by atoms with Gasteiger partial charge in [0.1, 0.15) is 22.2 Å². The Morgan fingerprint density at radius 2 is 1.73 bits per heavy atom. The normalized spacial score (nSPS) is 16.8. The third-order valence-electron chi connectivity index (χ3n) is 6.50. The molecule has 0 heterocycles. The molecule has 0 saturated heterocycles. The Labute approximate surface area is 214 Å². The molecule has 200 valence electrons. The number of nitrogens with zero attached hydrogens (tertiary/aromatic N) is 2. The summed E-state index contributed by atoms with van der Waals surface area (Å²) in [5, 5.41) is 9.81. The number of benzene rings is 2. The van der Waals surface area contributed by atoms with E-state index in [4.69, 9.17) is 10.5 Å². The van der Waals surface area contributed by atoms with E-state index in [9.17, 15) is 31.6 Å². The minimum absolute atomic E-state index is 0.0430. The average Bonchev–Trinajstić information content (AvgIpc) is 3.60. The van der Waals surface area contributed by atoms with Crippen LogP contribution in [-0.4, -0.2) is 50.3 Å². The van der Waals surface area contributed by atoms with Gasteiger partial charge in [-0.3, -0.25) is 9.69 Å². The number of nitrogens with two attached hydrogens (primary N) is 1. The third kappa shape index (κ3) is 6.08. The number of halogens is 3. The lowest BCUT2D eigenvalue weighted by atomic mass is 9.93. The molecule has 7 nitrogen and oxygen atoms in total. The van der Waals surface area contributed by atoms with E-state index in [1.807, 2.05) is 6.07 Å². The molecule has 2 aromatic rings. The van der Waals surface area contributed by atoms with Crippen LogP contribution in [-0.2, 0) is 14.6 Å². The Morgan fingerprint density at radius 1 is 1.16 bits per heavy atom. The van der Waals surface area contributed by atoms with Gasteiger partial charge in [0.05, 0.1) is 19.2 Å². The maximum Gasteiger partial charge on any atom is 0.408 e. The highest BCUT2D eigenvalue weighted by Gasteiger charge is 2.60. The molecule has 11 heteroatoms. The fourth-order valence-corrected chi connectivity index (χ4v) is 5.45. The van der Waals surface area contributed by atoms with Crippen molar-refractivity contribution in [3.05, 3.63) is 48.0 Å². The first-order valence-electron chi connectivity index (χ1n) is 11.7. The number of methoxy groups -OCH3 is 1. The van der Waals surface area contributed by atoms with Crippen molar-refractivity contribution in [1.29, 1.82) is 5.26 Å². The largest absolute Gasteiger partial charge is 0.495 e. The molecular weight excluding hydrogens is 507 g/mol. The SMILES string of the molecule is COc1ccc(-c2ccc([C@H](N([C@@H](CC(C)C)C(N)=O)C3(C#N)CC3)C(F)(F)F)cc2)cc1S(C)(=O)=O. The third-order valence-corrected chi connectivity index (χ3v) is 7.61. The molecule has 0 aliphatic heterocycles. The van der Waals surface area contributed by atoms with Crippen LogP contribution in [0.2, 0.25) is 0 Å².